The lowest BCUT2D eigenvalue weighted by Crippen LogP contribution is -2.24. The first-order valence-electron chi connectivity index (χ1n) is 10.4. The van der Waals surface area contributed by atoms with E-state index >= 15 is 0 Å². The molecule has 9 heteroatoms. The zero-order chi connectivity index (χ0) is 21.0. The average molecular weight is 420 g/mol. The van der Waals surface area contributed by atoms with Crippen LogP contribution >= 0.6 is 0 Å². The molecule has 2 aliphatic heterocycles. The quantitative estimate of drug-likeness (QED) is 0.645. The van der Waals surface area contributed by atoms with Crippen LogP contribution < -0.4 is 19.5 Å². The van der Waals surface area contributed by atoms with Crippen molar-refractivity contribution in [2.75, 3.05) is 32.2 Å². The van der Waals surface area contributed by atoms with Gasteiger partial charge >= 0.3 is 0 Å². The lowest BCUT2D eigenvalue weighted by atomic mass is 10.1. The van der Waals surface area contributed by atoms with Crippen LogP contribution in [0.4, 0.5) is 11.6 Å². The van der Waals surface area contributed by atoms with Crippen molar-refractivity contribution in [1.29, 1.82) is 0 Å². The van der Waals surface area contributed by atoms with Crippen LogP contribution in [0.1, 0.15) is 30.1 Å². The molecular formula is C22H24N6O3. The normalized spacial score (nSPS) is 18.0. The van der Waals surface area contributed by atoms with Crippen LogP contribution in [-0.4, -0.2) is 51.7 Å². The molecule has 0 saturated carbocycles. The second-order valence-electron chi connectivity index (χ2n) is 7.48. The van der Waals surface area contributed by atoms with E-state index in [1.165, 1.54) is 0 Å². The summed E-state index contributed by atoms with van der Waals surface area (Å²) < 4.78 is 17.1. The smallest absolute Gasteiger partial charge is 0.165 e. The first kappa shape index (κ1) is 19.5. The summed E-state index contributed by atoms with van der Waals surface area (Å²) in [6.45, 7) is 2.83. The van der Waals surface area contributed by atoms with Crippen molar-refractivity contribution in [3.63, 3.8) is 0 Å². The molecule has 31 heavy (non-hydrogen) atoms. The Morgan fingerprint density at radius 3 is 2.71 bits per heavy atom. The Labute approximate surface area is 180 Å². The second kappa shape index (κ2) is 8.73. The summed E-state index contributed by atoms with van der Waals surface area (Å²) >= 11 is 0. The van der Waals surface area contributed by atoms with Gasteiger partial charge in [0.05, 0.1) is 37.4 Å². The minimum absolute atomic E-state index is 0.175. The van der Waals surface area contributed by atoms with Gasteiger partial charge in [0.2, 0.25) is 0 Å². The van der Waals surface area contributed by atoms with E-state index in [1.54, 1.807) is 31.9 Å². The SMILES string of the molecule is COc1cc2c(cc1CN1CCC[C@H]1c1cncc(Nc3cnccn3)n1)OCCO2. The van der Waals surface area contributed by atoms with Gasteiger partial charge in [-0.15, -0.1) is 0 Å². The van der Waals surface area contributed by atoms with E-state index in [-0.39, 0.29) is 6.04 Å². The zero-order valence-electron chi connectivity index (χ0n) is 17.3. The molecule has 0 amide bonds. The molecule has 0 bridgehead atoms. The number of methoxy groups -OCH3 is 1. The number of rotatable bonds is 6. The predicted octanol–water partition coefficient (Wildman–Crippen LogP) is 3.13. The minimum Gasteiger partial charge on any atom is -0.496 e. The Hall–Kier alpha value is -3.46. The lowest BCUT2D eigenvalue weighted by Gasteiger charge is -2.26. The molecule has 0 spiro atoms. The second-order valence-corrected chi connectivity index (χ2v) is 7.48. The maximum Gasteiger partial charge on any atom is 0.165 e. The number of ether oxygens (including phenoxy) is 3. The van der Waals surface area contributed by atoms with Gasteiger partial charge in [0.15, 0.2) is 11.5 Å². The number of benzene rings is 1. The molecule has 2 aromatic heterocycles. The van der Waals surface area contributed by atoms with E-state index in [1.807, 2.05) is 18.3 Å². The number of hydrogen-bond donors (Lipinski definition) is 1. The van der Waals surface area contributed by atoms with Gasteiger partial charge in [0.1, 0.15) is 30.6 Å². The number of likely N-dealkylation sites (tertiary alicyclic amines) is 1. The number of hydrogen-bond acceptors (Lipinski definition) is 9. The van der Waals surface area contributed by atoms with Crippen LogP contribution in [0.25, 0.3) is 0 Å². The molecular weight excluding hydrogens is 396 g/mol. The highest BCUT2D eigenvalue weighted by atomic mass is 16.6. The summed E-state index contributed by atoms with van der Waals surface area (Å²) in [5.74, 6) is 3.60. The van der Waals surface area contributed by atoms with Gasteiger partial charge in [0.25, 0.3) is 0 Å². The van der Waals surface area contributed by atoms with Gasteiger partial charge in [-0.1, -0.05) is 0 Å². The number of anilines is 2. The van der Waals surface area contributed by atoms with Crippen molar-refractivity contribution in [2.45, 2.75) is 25.4 Å². The number of aromatic nitrogens is 4. The average Bonchev–Trinajstić information content (AvgIpc) is 3.27. The van der Waals surface area contributed by atoms with Crippen LogP contribution in [0.15, 0.2) is 43.1 Å². The predicted molar refractivity (Wildman–Crippen MR) is 114 cm³/mol. The molecule has 1 fully saturated rings. The molecule has 1 saturated heterocycles. The summed E-state index contributed by atoms with van der Waals surface area (Å²) in [5.41, 5.74) is 2.00. The summed E-state index contributed by atoms with van der Waals surface area (Å²) in [6, 6.07) is 4.12. The monoisotopic (exact) mass is 420 g/mol. The highest BCUT2D eigenvalue weighted by molar-refractivity contribution is 5.51. The molecule has 1 atom stereocenters. The first-order valence-corrected chi connectivity index (χ1v) is 10.4. The van der Waals surface area contributed by atoms with Crippen LogP contribution in [-0.2, 0) is 6.54 Å². The van der Waals surface area contributed by atoms with Crippen LogP contribution in [0, 0.1) is 0 Å². The van der Waals surface area contributed by atoms with E-state index in [9.17, 15) is 0 Å². The van der Waals surface area contributed by atoms with Crippen molar-refractivity contribution >= 4 is 11.6 Å². The van der Waals surface area contributed by atoms with Crippen molar-refractivity contribution in [2.24, 2.45) is 0 Å². The van der Waals surface area contributed by atoms with Crippen molar-refractivity contribution in [3.8, 4) is 17.2 Å². The summed E-state index contributed by atoms with van der Waals surface area (Å²) in [6.07, 6.45) is 10.6. The van der Waals surface area contributed by atoms with Gasteiger partial charge in [0, 0.05) is 30.6 Å². The van der Waals surface area contributed by atoms with Crippen molar-refractivity contribution in [1.82, 2.24) is 24.8 Å². The summed E-state index contributed by atoms with van der Waals surface area (Å²) in [4.78, 5) is 19.9. The van der Waals surface area contributed by atoms with Crippen molar-refractivity contribution < 1.29 is 14.2 Å². The number of fused-ring (bicyclic) bond motifs is 1. The van der Waals surface area contributed by atoms with E-state index in [4.69, 9.17) is 19.2 Å². The Kier molecular flexibility index (Phi) is 5.49. The molecule has 0 unspecified atom stereocenters. The molecule has 9 nitrogen and oxygen atoms in total. The Morgan fingerprint density at radius 2 is 1.90 bits per heavy atom. The van der Waals surface area contributed by atoms with Gasteiger partial charge in [-0.05, 0) is 25.5 Å². The zero-order valence-corrected chi connectivity index (χ0v) is 17.3. The van der Waals surface area contributed by atoms with E-state index in [0.717, 1.165) is 54.4 Å². The third-order valence-corrected chi connectivity index (χ3v) is 5.50. The minimum atomic E-state index is 0.175. The number of nitrogens with one attached hydrogen (secondary N) is 1. The fourth-order valence-electron chi connectivity index (χ4n) is 4.09. The molecule has 1 aromatic carbocycles. The molecule has 0 radical (unpaired) electrons. The third-order valence-electron chi connectivity index (χ3n) is 5.50. The van der Waals surface area contributed by atoms with Gasteiger partial charge in [-0.25, -0.2) is 9.97 Å². The molecule has 4 heterocycles. The topological polar surface area (TPSA) is 94.5 Å². The molecule has 0 aliphatic carbocycles. The van der Waals surface area contributed by atoms with E-state index in [2.05, 4.69) is 25.2 Å². The molecule has 2 aliphatic rings. The highest BCUT2D eigenvalue weighted by Crippen LogP contribution is 2.39. The fraction of sp³-hybridized carbons (Fsp3) is 0.364. The molecule has 1 N–H and O–H groups in total. The standard InChI is InChI=1S/C22H24N6O3/c1-29-18-10-20-19(30-7-8-31-20)9-15(18)14-28-6-2-3-17(28)16-11-24-13-22(26-16)27-21-12-23-4-5-25-21/h4-5,9-13,17H,2-3,6-8,14H2,1H3,(H,25,26,27)/t17-/m0/s1. The van der Waals surface area contributed by atoms with Gasteiger partial charge in [-0.2, -0.15) is 0 Å². The fourth-order valence-corrected chi connectivity index (χ4v) is 4.09. The van der Waals surface area contributed by atoms with E-state index < -0.39 is 0 Å². The third kappa shape index (κ3) is 4.22. The first-order chi connectivity index (χ1) is 15.3. The van der Waals surface area contributed by atoms with Crippen LogP contribution in [0.2, 0.25) is 0 Å². The molecule has 3 aromatic rings. The Morgan fingerprint density at radius 1 is 1.06 bits per heavy atom. The van der Waals surface area contributed by atoms with E-state index in [0.29, 0.717) is 24.8 Å². The molecule has 160 valence electrons. The van der Waals surface area contributed by atoms with Crippen molar-refractivity contribution in [3.05, 3.63) is 54.4 Å². The largest absolute Gasteiger partial charge is 0.496 e. The summed E-state index contributed by atoms with van der Waals surface area (Å²) in [5, 5.41) is 3.17. The van der Waals surface area contributed by atoms with Gasteiger partial charge < -0.3 is 19.5 Å². The van der Waals surface area contributed by atoms with Crippen LogP contribution in [0.3, 0.4) is 0 Å². The summed E-state index contributed by atoms with van der Waals surface area (Å²) in [7, 11) is 1.68. The lowest BCUT2D eigenvalue weighted by molar-refractivity contribution is 0.169. The Balaban J connectivity index is 1.36. The number of nitrogens with zero attached hydrogens (tertiary/aromatic N) is 5. The highest BCUT2D eigenvalue weighted by Gasteiger charge is 2.29. The van der Waals surface area contributed by atoms with Crippen LogP contribution in [0.5, 0.6) is 17.2 Å². The Bertz CT molecular complexity index is 1050. The maximum absolute atomic E-state index is 5.77. The maximum atomic E-state index is 5.77. The molecule has 5 rings (SSSR count). The van der Waals surface area contributed by atoms with Gasteiger partial charge in [-0.3, -0.25) is 14.9 Å².